The van der Waals surface area contributed by atoms with E-state index in [-0.39, 0.29) is 15.5 Å². The number of anilines is 1. The first-order chi connectivity index (χ1) is 13.1. The average Bonchev–Trinajstić information content (AvgIpc) is 3.09. The van der Waals surface area contributed by atoms with E-state index in [0.717, 1.165) is 11.8 Å². The van der Waals surface area contributed by atoms with E-state index in [4.69, 9.17) is 11.6 Å². The number of carbonyl (C=O) groups is 1. The number of benzene rings is 2. The minimum atomic E-state index is -3.54. The minimum absolute atomic E-state index is 0.0714. The summed E-state index contributed by atoms with van der Waals surface area (Å²) in [6.45, 7) is 4.25. The lowest BCUT2D eigenvalue weighted by Crippen LogP contribution is -2.12. The van der Waals surface area contributed by atoms with Gasteiger partial charge in [0.05, 0.1) is 9.92 Å². The van der Waals surface area contributed by atoms with Gasteiger partial charge in [-0.2, -0.15) is 0 Å². The van der Waals surface area contributed by atoms with Gasteiger partial charge in [-0.25, -0.2) is 8.42 Å². The van der Waals surface area contributed by atoms with Gasteiger partial charge in [0.25, 0.3) is 5.91 Å². The van der Waals surface area contributed by atoms with Crippen molar-refractivity contribution >= 4 is 43.8 Å². The summed E-state index contributed by atoms with van der Waals surface area (Å²) in [5, 5.41) is 11.8. The first-order valence-electron chi connectivity index (χ1n) is 8.40. The molecule has 0 saturated carbocycles. The van der Waals surface area contributed by atoms with Gasteiger partial charge in [0.2, 0.25) is 5.13 Å². The van der Waals surface area contributed by atoms with Gasteiger partial charge in [0.15, 0.2) is 9.84 Å². The Morgan fingerprint density at radius 1 is 1.11 bits per heavy atom. The average molecular weight is 436 g/mol. The molecule has 3 rings (SSSR count). The molecule has 1 amide bonds. The largest absolute Gasteiger partial charge is 0.296 e. The molecule has 0 aliphatic heterocycles. The highest BCUT2D eigenvalue weighted by molar-refractivity contribution is 7.90. The van der Waals surface area contributed by atoms with Crippen molar-refractivity contribution in [2.75, 3.05) is 11.6 Å². The van der Waals surface area contributed by atoms with Gasteiger partial charge in [-0.15, -0.1) is 10.2 Å². The third-order valence-corrected chi connectivity index (χ3v) is 6.53. The molecule has 0 bridgehead atoms. The number of hydrogen-bond donors (Lipinski definition) is 1. The number of rotatable bonds is 5. The van der Waals surface area contributed by atoms with Crippen molar-refractivity contribution < 1.29 is 13.2 Å². The van der Waals surface area contributed by atoms with Crippen LogP contribution in [-0.2, 0) is 9.84 Å². The smallest absolute Gasteiger partial charge is 0.257 e. The molecule has 0 atom stereocenters. The predicted octanol–water partition coefficient (Wildman–Crippen LogP) is 4.64. The van der Waals surface area contributed by atoms with Crippen LogP contribution < -0.4 is 5.32 Å². The Morgan fingerprint density at radius 2 is 1.79 bits per heavy atom. The van der Waals surface area contributed by atoms with Crippen molar-refractivity contribution in [2.45, 2.75) is 24.7 Å². The van der Waals surface area contributed by atoms with Crippen molar-refractivity contribution in [3.8, 4) is 10.6 Å². The summed E-state index contributed by atoms with van der Waals surface area (Å²) in [6.07, 6.45) is 1.04. The van der Waals surface area contributed by atoms with E-state index in [2.05, 4.69) is 29.4 Å². The van der Waals surface area contributed by atoms with Gasteiger partial charge in [0, 0.05) is 17.4 Å². The molecule has 0 unspecified atom stereocenters. The van der Waals surface area contributed by atoms with E-state index in [1.54, 1.807) is 0 Å². The zero-order chi connectivity index (χ0) is 20.5. The molecule has 0 aliphatic carbocycles. The molecule has 0 spiro atoms. The normalized spacial score (nSPS) is 11.6. The fraction of sp³-hybridized carbons (Fsp3) is 0.211. The quantitative estimate of drug-likeness (QED) is 0.630. The second-order valence-corrected chi connectivity index (χ2v) is 9.93. The molecule has 28 heavy (non-hydrogen) atoms. The van der Waals surface area contributed by atoms with Crippen LogP contribution >= 0.6 is 22.9 Å². The van der Waals surface area contributed by atoms with Crippen molar-refractivity contribution in [1.29, 1.82) is 0 Å². The molecule has 0 aliphatic rings. The molecule has 0 radical (unpaired) electrons. The summed E-state index contributed by atoms with van der Waals surface area (Å²) in [5.41, 5.74) is 2.31. The van der Waals surface area contributed by atoms with Crippen LogP contribution in [-0.4, -0.2) is 30.8 Å². The first-order valence-corrected chi connectivity index (χ1v) is 11.5. The molecule has 3 aromatic rings. The highest BCUT2D eigenvalue weighted by Gasteiger charge is 2.17. The SMILES string of the molecule is CC(C)c1ccc(-c2nnc(NC(=O)c3ccc(Cl)c(S(C)(=O)=O)c3)s2)cc1. The van der Waals surface area contributed by atoms with E-state index in [1.807, 2.05) is 24.3 Å². The van der Waals surface area contributed by atoms with Crippen molar-refractivity contribution in [3.05, 3.63) is 58.6 Å². The minimum Gasteiger partial charge on any atom is -0.296 e. The Labute approximate surface area is 172 Å². The van der Waals surface area contributed by atoms with Crippen molar-refractivity contribution in [1.82, 2.24) is 10.2 Å². The second-order valence-electron chi connectivity index (χ2n) is 6.56. The Balaban J connectivity index is 1.79. The van der Waals surface area contributed by atoms with Crippen LogP contribution in [0.3, 0.4) is 0 Å². The molecule has 0 saturated heterocycles. The topological polar surface area (TPSA) is 89.0 Å². The van der Waals surface area contributed by atoms with Gasteiger partial charge in [-0.3, -0.25) is 10.1 Å². The molecular formula is C19H18ClN3O3S2. The van der Waals surface area contributed by atoms with Crippen molar-refractivity contribution in [2.24, 2.45) is 0 Å². The molecule has 1 aromatic heterocycles. The summed E-state index contributed by atoms with van der Waals surface area (Å²) in [7, 11) is -3.54. The number of nitrogens with zero attached hydrogens (tertiary/aromatic N) is 2. The Morgan fingerprint density at radius 3 is 2.39 bits per heavy atom. The van der Waals surface area contributed by atoms with Gasteiger partial charge < -0.3 is 0 Å². The number of halogens is 1. The van der Waals surface area contributed by atoms with Gasteiger partial charge in [0.1, 0.15) is 5.01 Å². The zero-order valence-corrected chi connectivity index (χ0v) is 17.8. The molecule has 2 aromatic carbocycles. The number of carbonyl (C=O) groups excluding carboxylic acids is 1. The molecule has 9 heteroatoms. The Kier molecular flexibility index (Phi) is 5.83. The van der Waals surface area contributed by atoms with E-state index >= 15 is 0 Å². The van der Waals surface area contributed by atoms with Crippen LogP contribution in [0.25, 0.3) is 10.6 Å². The fourth-order valence-corrected chi connectivity index (χ4v) is 4.54. The maximum Gasteiger partial charge on any atom is 0.257 e. The summed E-state index contributed by atoms with van der Waals surface area (Å²) in [5.74, 6) is -0.0473. The second kappa shape index (κ2) is 7.98. The van der Waals surface area contributed by atoms with Crippen LogP contribution in [0.5, 0.6) is 0 Å². The number of nitrogens with one attached hydrogen (secondary N) is 1. The fourth-order valence-electron chi connectivity index (χ4n) is 2.50. The number of amides is 1. The summed E-state index contributed by atoms with van der Waals surface area (Å²) >= 11 is 7.15. The van der Waals surface area contributed by atoms with E-state index in [9.17, 15) is 13.2 Å². The van der Waals surface area contributed by atoms with E-state index < -0.39 is 15.7 Å². The maximum absolute atomic E-state index is 12.5. The third-order valence-electron chi connectivity index (χ3n) is 4.06. The lowest BCUT2D eigenvalue weighted by Gasteiger charge is -2.06. The van der Waals surface area contributed by atoms with Crippen LogP contribution in [0.2, 0.25) is 5.02 Å². The van der Waals surface area contributed by atoms with E-state index in [1.165, 1.54) is 35.1 Å². The predicted molar refractivity (Wildman–Crippen MR) is 112 cm³/mol. The van der Waals surface area contributed by atoms with Crippen LogP contribution in [0.4, 0.5) is 5.13 Å². The van der Waals surface area contributed by atoms with Crippen molar-refractivity contribution in [3.63, 3.8) is 0 Å². The maximum atomic E-state index is 12.5. The number of hydrogen-bond acceptors (Lipinski definition) is 6. The Bertz CT molecular complexity index is 1120. The molecule has 6 nitrogen and oxygen atoms in total. The summed E-state index contributed by atoms with van der Waals surface area (Å²) < 4.78 is 23.6. The number of sulfone groups is 1. The van der Waals surface area contributed by atoms with Gasteiger partial charge in [-0.05, 0) is 29.7 Å². The molecule has 0 fully saturated rings. The summed E-state index contributed by atoms with van der Waals surface area (Å²) in [6, 6.07) is 12.1. The van der Waals surface area contributed by atoms with Crippen LogP contribution in [0.1, 0.15) is 35.7 Å². The molecular weight excluding hydrogens is 418 g/mol. The highest BCUT2D eigenvalue weighted by atomic mass is 35.5. The highest BCUT2D eigenvalue weighted by Crippen LogP contribution is 2.28. The zero-order valence-electron chi connectivity index (χ0n) is 15.4. The van der Waals surface area contributed by atoms with Gasteiger partial charge >= 0.3 is 0 Å². The molecule has 146 valence electrons. The monoisotopic (exact) mass is 435 g/mol. The summed E-state index contributed by atoms with van der Waals surface area (Å²) in [4.78, 5) is 12.4. The number of aromatic nitrogens is 2. The standard InChI is InChI=1S/C19H18ClN3O3S2/c1-11(2)12-4-6-13(7-5-12)18-22-23-19(27-18)21-17(24)14-8-9-15(20)16(10-14)28(3,25)26/h4-11H,1-3H3,(H,21,23,24). The van der Waals surface area contributed by atoms with Gasteiger partial charge in [-0.1, -0.05) is 61.1 Å². The molecule has 1 heterocycles. The lowest BCUT2D eigenvalue weighted by atomic mass is 10.0. The van der Waals surface area contributed by atoms with Crippen LogP contribution in [0.15, 0.2) is 47.4 Å². The first kappa shape index (κ1) is 20.4. The molecule has 1 N–H and O–H groups in total. The Hall–Kier alpha value is -2.29. The van der Waals surface area contributed by atoms with Crippen LogP contribution in [0, 0.1) is 0 Å². The third kappa shape index (κ3) is 4.57. The van der Waals surface area contributed by atoms with E-state index in [0.29, 0.717) is 16.1 Å². The lowest BCUT2D eigenvalue weighted by molar-refractivity contribution is 0.102.